The van der Waals surface area contributed by atoms with Gasteiger partial charge in [-0.25, -0.2) is 0 Å². The van der Waals surface area contributed by atoms with Crippen LogP contribution in [0.3, 0.4) is 0 Å². The zero-order chi connectivity index (χ0) is 26.2. The number of ether oxygens (including phenoxy) is 1. The van der Waals surface area contributed by atoms with E-state index in [2.05, 4.69) is 47.2 Å². The van der Waals surface area contributed by atoms with E-state index >= 15 is 0 Å². The number of rotatable bonds is 13. The van der Waals surface area contributed by atoms with Gasteiger partial charge in [0.1, 0.15) is 18.5 Å². The van der Waals surface area contributed by atoms with E-state index in [1.807, 2.05) is 26.0 Å². The van der Waals surface area contributed by atoms with Crippen molar-refractivity contribution in [1.29, 1.82) is 0 Å². The van der Waals surface area contributed by atoms with Crippen LogP contribution in [0.1, 0.15) is 42.3 Å². The molecule has 4 N–H and O–H groups in total. The molecule has 0 aliphatic carbocycles. The summed E-state index contributed by atoms with van der Waals surface area (Å²) >= 11 is 1.70. The number of aryl methyl sites for hydroxylation is 3. The molecule has 0 spiro atoms. The summed E-state index contributed by atoms with van der Waals surface area (Å²) in [6.45, 7) is 13.4. The molecular formula is C26H37N5O4S. The molecule has 1 aromatic carbocycles. The Kier molecular flexibility index (Phi) is 10.0. The lowest BCUT2D eigenvalue weighted by molar-refractivity contribution is -0.120. The highest BCUT2D eigenvalue weighted by atomic mass is 32.1. The van der Waals surface area contributed by atoms with Crippen molar-refractivity contribution in [3.05, 3.63) is 39.8 Å². The minimum Gasteiger partial charge on any atom is -0.490 e. The van der Waals surface area contributed by atoms with Gasteiger partial charge in [-0.3, -0.25) is 9.69 Å². The number of aromatic nitrogens is 2. The van der Waals surface area contributed by atoms with E-state index in [0.29, 0.717) is 17.5 Å². The fraction of sp³-hybridized carbons (Fsp3) is 0.500. The molecule has 36 heavy (non-hydrogen) atoms. The summed E-state index contributed by atoms with van der Waals surface area (Å²) in [6.07, 6.45) is -0.113. The third kappa shape index (κ3) is 6.91. The van der Waals surface area contributed by atoms with Crippen LogP contribution < -0.4 is 15.8 Å². The van der Waals surface area contributed by atoms with Gasteiger partial charge < -0.3 is 25.4 Å². The normalized spacial score (nSPS) is 12.2. The first kappa shape index (κ1) is 27.8. The number of nitrogens with one attached hydrogen (secondary N) is 1. The maximum Gasteiger partial charge on any atom is 0.268 e. The van der Waals surface area contributed by atoms with E-state index in [1.54, 1.807) is 11.3 Å². The van der Waals surface area contributed by atoms with Gasteiger partial charge in [-0.2, -0.15) is 4.98 Å². The number of carbonyl (C=O) groups is 1. The molecule has 3 rings (SSSR count). The lowest BCUT2D eigenvalue weighted by atomic mass is 10.0. The van der Waals surface area contributed by atoms with E-state index in [0.717, 1.165) is 47.6 Å². The third-order valence-electron chi connectivity index (χ3n) is 6.05. The molecule has 1 amide bonds. The number of thiophene rings is 1. The first-order chi connectivity index (χ1) is 17.3. The summed E-state index contributed by atoms with van der Waals surface area (Å²) in [5.74, 6) is 1.43. The Hall–Kier alpha value is -2.79. The molecule has 2 heterocycles. The summed E-state index contributed by atoms with van der Waals surface area (Å²) in [5, 5.41) is 16.9. The van der Waals surface area contributed by atoms with E-state index in [4.69, 9.17) is 15.0 Å². The zero-order valence-electron chi connectivity index (χ0n) is 21.8. The van der Waals surface area contributed by atoms with Gasteiger partial charge in [-0.1, -0.05) is 25.9 Å². The van der Waals surface area contributed by atoms with Crippen molar-refractivity contribution in [2.45, 2.75) is 53.7 Å². The van der Waals surface area contributed by atoms with Gasteiger partial charge in [0, 0.05) is 23.5 Å². The average molecular weight is 516 g/mol. The minimum absolute atomic E-state index is 0.0535. The number of amides is 1. The van der Waals surface area contributed by atoms with Crippen LogP contribution >= 0.6 is 11.3 Å². The molecule has 0 saturated heterocycles. The molecule has 0 aliphatic rings. The van der Waals surface area contributed by atoms with E-state index in [1.165, 1.54) is 10.4 Å². The number of aliphatic hydroxyl groups is 1. The Balaban J connectivity index is 1.75. The van der Waals surface area contributed by atoms with Crippen molar-refractivity contribution in [1.82, 2.24) is 20.4 Å². The number of nitrogens with two attached hydrogens (primary N) is 1. The highest BCUT2D eigenvalue weighted by Crippen LogP contribution is 2.34. The highest BCUT2D eigenvalue weighted by Gasteiger charge is 2.18. The Morgan fingerprint density at radius 1 is 1.22 bits per heavy atom. The Morgan fingerprint density at radius 3 is 2.64 bits per heavy atom. The standard InChI is InChI=1S/C26H37N5O4S/c1-6-18-11-19(9-17(5)24(18)34-15-20(32)13-28-23(33)12-27)25-29-26(35-30-25)21-10-16(4)22(36-21)14-31(7-2)8-3/h9-11,20,32H,6-8,12-15,27H2,1-5H3,(H,28,33). The molecule has 1 unspecified atom stereocenters. The fourth-order valence-electron chi connectivity index (χ4n) is 3.86. The number of aliphatic hydroxyl groups excluding tert-OH is 1. The van der Waals surface area contributed by atoms with Gasteiger partial charge in [0.2, 0.25) is 11.7 Å². The first-order valence-electron chi connectivity index (χ1n) is 12.4. The lowest BCUT2D eigenvalue weighted by Gasteiger charge is -2.17. The smallest absolute Gasteiger partial charge is 0.268 e. The van der Waals surface area contributed by atoms with Crippen LogP contribution in [0.15, 0.2) is 22.7 Å². The number of hydrogen-bond donors (Lipinski definition) is 3. The molecule has 0 fully saturated rings. The molecule has 3 aromatic rings. The van der Waals surface area contributed by atoms with E-state index in [9.17, 15) is 9.90 Å². The van der Waals surface area contributed by atoms with Gasteiger partial charge in [0.25, 0.3) is 5.89 Å². The zero-order valence-corrected chi connectivity index (χ0v) is 22.6. The predicted molar refractivity (Wildman–Crippen MR) is 142 cm³/mol. The van der Waals surface area contributed by atoms with E-state index < -0.39 is 6.10 Å². The van der Waals surface area contributed by atoms with Gasteiger partial charge >= 0.3 is 0 Å². The molecule has 2 aromatic heterocycles. The average Bonchev–Trinajstić information content (AvgIpc) is 3.51. The number of hydrogen-bond acceptors (Lipinski definition) is 9. The van der Waals surface area contributed by atoms with Crippen molar-refractivity contribution >= 4 is 17.2 Å². The molecule has 196 valence electrons. The monoisotopic (exact) mass is 515 g/mol. The van der Waals surface area contributed by atoms with Crippen LogP contribution in [0.2, 0.25) is 0 Å². The molecule has 0 aliphatic heterocycles. The maximum atomic E-state index is 11.3. The van der Waals surface area contributed by atoms with Gasteiger partial charge in [-0.05, 0) is 68.2 Å². The second-order valence-corrected chi connectivity index (χ2v) is 9.85. The fourth-order valence-corrected chi connectivity index (χ4v) is 5.00. The Labute approximate surface area is 216 Å². The van der Waals surface area contributed by atoms with Crippen molar-refractivity contribution in [3.63, 3.8) is 0 Å². The van der Waals surface area contributed by atoms with Crippen LogP contribution in [0.5, 0.6) is 5.75 Å². The first-order valence-corrected chi connectivity index (χ1v) is 13.2. The molecule has 1 atom stereocenters. The van der Waals surface area contributed by atoms with Crippen molar-refractivity contribution in [2.75, 3.05) is 32.8 Å². The van der Waals surface area contributed by atoms with Crippen LogP contribution in [0.4, 0.5) is 0 Å². The maximum absolute atomic E-state index is 11.3. The molecule has 0 saturated carbocycles. The number of nitrogens with zero attached hydrogens (tertiary/aromatic N) is 3. The number of carbonyl (C=O) groups excluding carboxylic acids is 1. The predicted octanol–water partition coefficient (Wildman–Crippen LogP) is 3.30. The molecule has 9 nitrogen and oxygen atoms in total. The van der Waals surface area contributed by atoms with Gasteiger partial charge in [0.15, 0.2) is 0 Å². The Bertz CT molecular complexity index is 1160. The van der Waals surface area contributed by atoms with Crippen LogP contribution in [0, 0.1) is 13.8 Å². The second kappa shape index (κ2) is 13.0. The highest BCUT2D eigenvalue weighted by molar-refractivity contribution is 7.15. The van der Waals surface area contributed by atoms with Gasteiger partial charge in [-0.15, -0.1) is 11.3 Å². The summed E-state index contributed by atoms with van der Waals surface area (Å²) in [4.78, 5) is 20.6. The van der Waals surface area contributed by atoms with Crippen molar-refractivity contribution < 1.29 is 19.2 Å². The summed E-state index contributed by atoms with van der Waals surface area (Å²) in [7, 11) is 0. The topological polar surface area (TPSA) is 127 Å². The minimum atomic E-state index is -0.843. The SMILES string of the molecule is CCc1cc(-c2noc(-c3cc(C)c(CN(CC)CC)s3)n2)cc(C)c1OCC(O)CNC(=O)CN. The van der Waals surface area contributed by atoms with Crippen molar-refractivity contribution in [3.8, 4) is 27.9 Å². The molecule has 10 heteroatoms. The van der Waals surface area contributed by atoms with E-state index in [-0.39, 0.29) is 25.6 Å². The van der Waals surface area contributed by atoms with Crippen LogP contribution in [-0.2, 0) is 17.8 Å². The summed E-state index contributed by atoms with van der Waals surface area (Å²) in [6, 6.07) is 6.06. The molecular weight excluding hydrogens is 478 g/mol. The quantitative estimate of drug-likeness (QED) is 0.316. The number of benzene rings is 1. The molecule has 0 radical (unpaired) electrons. The molecule has 0 bridgehead atoms. The summed E-state index contributed by atoms with van der Waals surface area (Å²) < 4.78 is 11.6. The van der Waals surface area contributed by atoms with Gasteiger partial charge in [0.05, 0.1) is 11.4 Å². The second-order valence-electron chi connectivity index (χ2n) is 8.71. The Morgan fingerprint density at radius 2 is 1.97 bits per heavy atom. The third-order valence-corrected chi connectivity index (χ3v) is 7.26. The van der Waals surface area contributed by atoms with Crippen molar-refractivity contribution in [2.24, 2.45) is 5.73 Å². The largest absolute Gasteiger partial charge is 0.490 e. The van der Waals surface area contributed by atoms with Crippen LogP contribution in [-0.4, -0.2) is 64.9 Å². The van der Waals surface area contributed by atoms with Crippen LogP contribution in [0.25, 0.3) is 22.2 Å². The summed E-state index contributed by atoms with van der Waals surface area (Å²) in [5.41, 5.74) is 9.23. The lowest BCUT2D eigenvalue weighted by Crippen LogP contribution is -2.38.